The van der Waals surface area contributed by atoms with E-state index in [0.717, 1.165) is 19.3 Å². The van der Waals surface area contributed by atoms with E-state index >= 15 is 0 Å². The lowest BCUT2D eigenvalue weighted by atomic mass is 10.1. The molecule has 0 bridgehead atoms. The number of carbonyl (C=O) groups is 1. The first-order valence-corrected chi connectivity index (χ1v) is 7.07. The van der Waals surface area contributed by atoms with E-state index in [1.165, 1.54) is 37.5 Å². The molecular formula is C15H21NO4. The highest BCUT2D eigenvalue weighted by Gasteiger charge is 2.19. The molecule has 0 amide bonds. The number of carbonyl (C=O) groups excluding carboxylic acids is 1. The van der Waals surface area contributed by atoms with Gasteiger partial charge < -0.3 is 4.74 Å². The van der Waals surface area contributed by atoms with Crippen LogP contribution in [-0.4, -0.2) is 17.5 Å². The summed E-state index contributed by atoms with van der Waals surface area (Å²) in [6, 6.07) is 5.85. The number of hydrogen-bond acceptors (Lipinski definition) is 4. The van der Waals surface area contributed by atoms with E-state index < -0.39 is 10.9 Å². The summed E-state index contributed by atoms with van der Waals surface area (Å²) in [5, 5.41) is 10.8. The molecule has 0 saturated carbocycles. The molecule has 1 aromatic carbocycles. The minimum Gasteiger partial charge on any atom is -0.462 e. The van der Waals surface area contributed by atoms with Gasteiger partial charge in [0.1, 0.15) is 5.56 Å². The zero-order valence-corrected chi connectivity index (χ0v) is 11.8. The molecule has 0 aromatic heterocycles. The minimum atomic E-state index is -0.620. The number of ether oxygens (including phenoxy) is 1. The highest BCUT2D eigenvalue weighted by molar-refractivity contribution is 5.93. The lowest BCUT2D eigenvalue weighted by molar-refractivity contribution is -0.385. The summed E-state index contributed by atoms with van der Waals surface area (Å²) in [4.78, 5) is 22.0. The van der Waals surface area contributed by atoms with Crippen LogP contribution in [-0.2, 0) is 4.74 Å². The number of nitrogens with zero attached hydrogens (tertiary/aromatic N) is 1. The number of esters is 1. The fourth-order valence-corrected chi connectivity index (χ4v) is 1.93. The molecule has 1 rings (SSSR count). The van der Waals surface area contributed by atoms with Gasteiger partial charge in [0.2, 0.25) is 0 Å². The van der Waals surface area contributed by atoms with Crippen LogP contribution in [0.3, 0.4) is 0 Å². The van der Waals surface area contributed by atoms with E-state index in [9.17, 15) is 14.9 Å². The molecule has 20 heavy (non-hydrogen) atoms. The lowest BCUT2D eigenvalue weighted by Gasteiger charge is -2.05. The Hall–Kier alpha value is -1.91. The number of benzene rings is 1. The molecular weight excluding hydrogens is 258 g/mol. The van der Waals surface area contributed by atoms with E-state index in [1.54, 1.807) is 6.07 Å². The van der Waals surface area contributed by atoms with Crippen LogP contribution in [0.5, 0.6) is 0 Å². The monoisotopic (exact) mass is 279 g/mol. The summed E-state index contributed by atoms with van der Waals surface area (Å²) in [5.74, 6) is -0.620. The minimum absolute atomic E-state index is 0.0171. The second-order valence-electron chi connectivity index (χ2n) is 4.68. The Morgan fingerprint density at radius 3 is 2.50 bits per heavy atom. The zero-order chi connectivity index (χ0) is 14.8. The van der Waals surface area contributed by atoms with Crippen molar-refractivity contribution in [2.45, 2.75) is 45.4 Å². The van der Waals surface area contributed by atoms with Crippen LogP contribution in [0.25, 0.3) is 0 Å². The Morgan fingerprint density at radius 1 is 1.15 bits per heavy atom. The first-order valence-electron chi connectivity index (χ1n) is 7.07. The second-order valence-corrected chi connectivity index (χ2v) is 4.68. The van der Waals surface area contributed by atoms with E-state index in [0.29, 0.717) is 6.61 Å². The highest BCUT2D eigenvalue weighted by Crippen LogP contribution is 2.18. The van der Waals surface area contributed by atoms with Crippen LogP contribution in [0.4, 0.5) is 5.69 Å². The van der Waals surface area contributed by atoms with Crippen LogP contribution in [0.2, 0.25) is 0 Å². The second kappa shape index (κ2) is 9.07. The maximum absolute atomic E-state index is 11.8. The van der Waals surface area contributed by atoms with Gasteiger partial charge in [0.05, 0.1) is 11.5 Å². The Balaban J connectivity index is 2.35. The third-order valence-electron chi connectivity index (χ3n) is 3.05. The molecule has 0 aliphatic rings. The fourth-order valence-electron chi connectivity index (χ4n) is 1.93. The van der Waals surface area contributed by atoms with Gasteiger partial charge in [-0.2, -0.15) is 0 Å². The molecule has 0 unspecified atom stereocenters. The molecule has 5 heteroatoms. The Bertz CT molecular complexity index is 445. The topological polar surface area (TPSA) is 69.4 Å². The summed E-state index contributed by atoms with van der Waals surface area (Å²) >= 11 is 0. The van der Waals surface area contributed by atoms with E-state index in [2.05, 4.69) is 6.92 Å². The quantitative estimate of drug-likeness (QED) is 0.295. The molecule has 0 saturated heterocycles. The van der Waals surface area contributed by atoms with Crippen molar-refractivity contribution in [2.24, 2.45) is 0 Å². The van der Waals surface area contributed by atoms with Gasteiger partial charge in [-0.15, -0.1) is 0 Å². The smallest absolute Gasteiger partial charge is 0.345 e. The van der Waals surface area contributed by atoms with Gasteiger partial charge in [0.25, 0.3) is 5.69 Å². The molecule has 0 spiro atoms. The summed E-state index contributed by atoms with van der Waals surface area (Å²) in [5.41, 5.74) is -0.191. The Kier molecular flexibility index (Phi) is 7.32. The molecule has 0 radical (unpaired) electrons. The average molecular weight is 279 g/mol. The Labute approximate surface area is 119 Å². The first-order chi connectivity index (χ1) is 9.66. The Morgan fingerprint density at radius 2 is 1.80 bits per heavy atom. The maximum Gasteiger partial charge on any atom is 0.345 e. The summed E-state index contributed by atoms with van der Waals surface area (Å²) in [7, 11) is 0. The van der Waals surface area contributed by atoms with Crippen molar-refractivity contribution >= 4 is 11.7 Å². The molecule has 0 aliphatic carbocycles. The average Bonchev–Trinajstić information content (AvgIpc) is 2.46. The van der Waals surface area contributed by atoms with Gasteiger partial charge in [-0.25, -0.2) is 4.79 Å². The lowest BCUT2D eigenvalue weighted by Crippen LogP contribution is -2.09. The molecule has 5 nitrogen and oxygen atoms in total. The third-order valence-corrected chi connectivity index (χ3v) is 3.05. The van der Waals surface area contributed by atoms with E-state index in [-0.39, 0.29) is 11.3 Å². The van der Waals surface area contributed by atoms with Crippen molar-refractivity contribution in [1.82, 2.24) is 0 Å². The van der Waals surface area contributed by atoms with Crippen molar-refractivity contribution in [1.29, 1.82) is 0 Å². The van der Waals surface area contributed by atoms with Crippen molar-refractivity contribution in [3.8, 4) is 0 Å². The predicted octanol–water partition coefficient (Wildman–Crippen LogP) is 4.11. The third kappa shape index (κ3) is 5.38. The SMILES string of the molecule is CCCCCCCCOC(=O)c1ccccc1[N+](=O)[O-]. The van der Waals surface area contributed by atoms with E-state index in [1.807, 2.05) is 0 Å². The normalized spacial score (nSPS) is 10.2. The van der Waals surface area contributed by atoms with Gasteiger partial charge in [-0.3, -0.25) is 10.1 Å². The number of unbranched alkanes of at least 4 members (excludes halogenated alkanes) is 5. The summed E-state index contributed by atoms with van der Waals surface area (Å²) in [6.07, 6.45) is 6.59. The zero-order valence-electron chi connectivity index (χ0n) is 11.8. The fraction of sp³-hybridized carbons (Fsp3) is 0.533. The summed E-state index contributed by atoms with van der Waals surface area (Å²) in [6.45, 7) is 2.48. The van der Waals surface area contributed by atoms with Gasteiger partial charge in [-0.05, 0) is 12.5 Å². The van der Waals surface area contributed by atoms with Crippen LogP contribution in [0.15, 0.2) is 24.3 Å². The van der Waals surface area contributed by atoms with Gasteiger partial charge >= 0.3 is 5.97 Å². The van der Waals surface area contributed by atoms with Crippen LogP contribution in [0, 0.1) is 10.1 Å². The van der Waals surface area contributed by atoms with E-state index in [4.69, 9.17) is 4.74 Å². The molecule has 0 fully saturated rings. The predicted molar refractivity (Wildman–Crippen MR) is 76.8 cm³/mol. The van der Waals surface area contributed by atoms with Crippen molar-refractivity contribution in [3.05, 3.63) is 39.9 Å². The maximum atomic E-state index is 11.8. The van der Waals surface area contributed by atoms with Gasteiger partial charge in [0, 0.05) is 6.07 Å². The van der Waals surface area contributed by atoms with Gasteiger partial charge in [-0.1, -0.05) is 51.2 Å². The van der Waals surface area contributed by atoms with Crippen molar-refractivity contribution < 1.29 is 14.5 Å². The number of para-hydroxylation sites is 1. The standard InChI is InChI=1S/C15H21NO4/c1-2-3-4-5-6-9-12-20-15(17)13-10-7-8-11-14(13)16(18)19/h7-8,10-11H,2-6,9,12H2,1H3. The molecule has 0 N–H and O–H groups in total. The molecule has 0 atom stereocenters. The van der Waals surface area contributed by atoms with Crippen molar-refractivity contribution in [2.75, 3.05) is 6.61 Å². The first kappa shape index (κ1) is 16.1. The molecule has 0 aliphatic heterocycles. The van der Waals surface area contributed by atoms with Gasteiger partial charge in [0.15, 0.2) is 0 Å². The molecule has 0 heterocycles. The van der Waals surface area contributed by atoms with Crippen LogP contribution in [0.1, 0.15) is 55.8 Å². The number of hydrogen-bond donors (Lipinski definition) is 0. The van der Waals surface area contributed by atoms with Crippen LogP contribution < -0.4 is 0 Å². The number of nitro groups is 1. The van der Waals surface area contributed by atoms with Crippen molar-refractivity contribution in [3.63, 3.8) is 0 Å². The van der Waals surface area contributed by atoms with Crippen LogP contribution >= 0.6 is 0 Å². The molecule has 1 aromatic rings. The largest absolute Gasteiger partial charge is 0.462 e. The number of nitro benzene ring substituents is 1. The molecule has 110 valence electrons. The summed E-state index contributed by atoms with van der Waals surface area (Å²) < 4.78 is 5.08. The highest BCUT2D eigenvalue weighted by atomic mass is 16.6. The number of rotatable bonds is 9.